The number of Topliss-reactive ketones (excluding diaryl/α,β-unsaturated/α-hetero) is 1. The molecule has 0 bridgehead atoms. The molecule has 1 fully saturated rings. The molecule has 0 amide bonds. The van der Waals surface area contributed by atoms with Gasteiger partial charge in [-0.3, -0.25) is 19.7 Å². The normalized spacial score (nSPS) is 25.0. The van der Waals surface area contributed by atoms with E-state index in [1.54, 1.807) is 0 Å². The standard InChI is InChI=1S/C9H13NO5/c1-2-3-7(11)8-6(4-10(13)14)5-15-9(8)12/h6,8H,2-5H2,1H3/t6-,8-/m0/s1. The van der Waals surface area contributed by atoms with Crippen LogP contribution in [0.4, 0.5) is 0 Å². The Morgan fingerprint density at radius 2 is 2.33 bits per heavy atom. The van der Waals surface area contributed by atoms with Gasteiger partial charge in [-0.1, -0.05) is 6.92 Å². The fourth-order valence-electron chi connectivity index (χ4n) is 1.71. The molecule has 0 aromatic heterocycles. The van der Waals surface area contributed by atoms with Crippen LogP contribution >= 0.6 is 0 Å². The van der Waals surface area contributed by atoms with Crippen molar-refractivity contribution in [3.8, 4) is 0 Å². The number of esters is 1. The Kier molecular flexibility index (Phi) is 3.76. The molecule has 6 heteroatoms. The number of ether oxygens (including phenoxy) is 1. The fourth-order valence-corrected chi connectivity index (χ4v) is 1.71. The van der Waals surface area contributed by atoms with Gasteiger partial charge in [0, 0.05) is 11.3 Å². The second-order valence-corrected chi connectivity index (χ2v) is 3.60. The summed E-state index contributed by atoms with van der Waals surface area (Å²) in [6.45, 7) is 1.42. The number of hydrogen-bond acceptors (Lipinski definition) is 5. The van der Waals surface area contributed by atoms with E-state index in [0.717, 1.165) is 0 Å². The van der Waals surface area contributed by atoms with E-state index in [-0.39, 0.29) is 25.4 Å². The Hall–Kier alpha value is -1.46. The van der Waals surface area contributed by atoms with Crippen LogP contribution in [0.3, 0.4) is 0 Å². The average Bonchev–Trinajstić information content (AvgIpc) is 2.46. The number of ketones is 1. The van der Waals surface area contributed by atoms with Crippen LogP contribution in [0.25, 0.3) is 0 Å². The van der Waals surface area contributed by atoms with Gasteiger partial charge in [-0.05, 0) is 6.42 Å². The quantitative estimate of drug-likeness (QED) is 0.287. The van der Waals surface area contributed by atoms with Crippen molar-refractivity contribution in [2.45, 2.75) is 19.8 Å². The van der Waals surface area contributed by atoms with Gasteiger partial charge >= 0.3 is 5.97 Å². The Morgan fingerprint density at radius 1 is 1.67 bits per heavy atom. The van der Waals surface area contributed by atoms with Crippen LogP contribution in [0.15, 0.2) is 0 Å². The van der Waals surface area contributed by atoms with Crippen molar-refractivity contribution in [2.75, 3.05) is 13.2 Å². The second kappa shape index (κ2) is 4.86. The molecular formula is C9H13NO5. The highest BCUT2D eigenvalue weighted by Crippen LogP contribution is 2.24. The average molecular weight is 215 g/mol. The minimum atomic E-state index is -0.921. The van der Waals surface area contributed by atoms with E-state index in [0.29, 0.717) is 6.42 Å². The lowest BCUT2D eigenvalue weighted by Gasteiger charge is -2.09. The van der Waals surface area contributed by atoms with E-state index in [4.69, 9.17) is 0 Å². The molecule has 0 saturated carbocycles. The van der Waals surface area contributed by atoms with Gasteiger partial charge < -0.3 is 4.74 Å². The van der Waals surface area contributed by atoms with Gasteiger partial charge in [0.1, 0.15) is 18.3 Å². The van der Waals surface area contributed by atoms with Gasteiger partial charge in [-0.25, -0.2) is 0 Å². The summed E-state index contributed by atoms with van der Waals surface area (Å²) in [7, 11) is 0. The first-order valence-corrected chi connectivity index (χ1v) is 4.87. The highest BCUT2D eigenvalue weighted by atomic mass is 16.6. The molecule has 1 aliphatic rings. The van der Waals surface area contributed by atoms with Crippen molar-refractivity contribution < 1.29 is 19.2 Å². The fraction of sp³-hybridized carbons (Fsp3) is 0.778. The van der Waals surface area contributed by atoms with Crippen LogP contribution in [0.2, 0.25) is 0 Å². The summed E-state index contributed by atoms with van der Waals surface area (Å²) in [5.41, 5.74) is 0. The van der Waals surface area contributed by atoms with Crippen LogP contribution in [0.1, 0.15) is 19.8 Å². The van der Waals surface area contributed by atoms with E-state index in [1.165, 1.54) is 0 Å². The number of cyclic esters (lactones) is 1. The first-order chi connectivity index (χ1) is 7.06. The zero-order chi connectivity index (χ0) is 11.4. The minimum absolute atomic E-state index is 0.0140. The van der Waals surface area contributed by atoms with E-state index in [1.807, 2.05) is 6.92 Å². The van der Waals surface area contributed by atoms with Gasteiger partial charge in [-0.15, -0.1) is 0 Å². The van der Waals surface area contributed by atoms with Crippen molar-refractivity contribution in [1.82, 2.24) is 0 Å². The van der Waals surface area contributed by atoms with E-state index in [2.05, 4.69) is 4.74 Å². The highest BCUT2D eigenvalue weighted by Gasteiger charge is 2.44. The Labute approximate surface area is 86.7 Å². The lowest BCUT2D eigenvalue weighted by molar-refractivity contribution is -0.488. The first-order valence-electron chi connectivity index (χ1n) is 4.87. The summed E-state index contributed by atoms with van der Waals surface area (Å²) in [6, 6.07) is 0. The zero-order valence-corrected chi connectivity index (χ0v) is 8.47. The molecule has 84 valence electrons. The lowest BCUT2D eigenvalue weighted by Crippen LogP contribution is -2.30. The maximum Gasteiger partial charge on any atom is 0.317 e. The van der Waals surface area contributed by atoms with Gasteiger partial charge in [0.25, 0.3) is 0 Å². The molecule has 1 aliphatic heterocycles. The first kappa shape index (κ1) is 11.6. The van der Waals surface area contributed by atoms with Crippen LogP contribution < -0.4 is 0 Å². The molecule has 1 rings (SSSR count). The van der Waals surface area contributed by atoms with Crippen molar-refractivity contribution in [3.05, 3.63) is 10.1 Å². The Morgan fingerprint density at radius 3 is 2.87 bits per heavy atom. The minimum Gasteiger partial charge on any atom is -0.465 e. The molecule has 15 heavy (non-hydrogen) atoms. The molecule has 1 saturated heterocycles. The summed E-state index contributed by atoms with van der Waals surface area (Å²) in [4.78, 5) is 32.5. The Bertz CT molecular complexity index is 288. The highest BCUT2D eigenvalue weighted by molar-refractivity contribution is 6.00. The maximum absolute atomic E-state index is 11.5. The number of nitrogens with zero attached hydrogens (tertiary/aromatic N) is 1. The van der Waals surface area contributed by atoms with Gasteiger partial charge in [0.15, 0.2) is 0 Å². The third-order valence-electron chi connectivity index (χ3n) is 2.39. The number of carbonyl (C=O) groups excluding carboxylic acids is 2. The molecule has 0 unspecified atom stereocenters. The molecule has 0 N–H and O–H groups in total. The molecule has 0 spiro atoms. The largest absolute Gasteiger partial charge is 0.465 e. The second-order valence-electron chi connectivity index (χ2n) is 3.60. The van der Waals surface area contributed by atoms with E-state index >= 15 is 0 Å². The lowest BCUT2D eigenvalue weighted by atomic mass is 9.89. The summed E-state index contributed by atoms with van der Waals surface area (Å²) >= 11 is 0. The van der Waals surface area contributed by atoms with Crippen LogP contribution in [-0.4, -0.2) is 29.8 Å². The van der Waals surface area contributed by atoms with Crippen LogP contribution in [0.5, 0.6) is 0 Å². The third kappa shape index (κ3) is 2.74. The number of hydrogen-bond donors (Lipinski definition) is 0. The monoisotopic (exact) mass is 215 g/mol. The summed E-state index contributed by atoms with van der Waals surface area (Å²) in [5.74, 6) is -2.37. The van der Waals surface area contributed by atoms with Crippen molar-refractivity contribution in [1.29, 1.82) is 0 Å². The number of carbonyl (C=O) groups is 2. The van der Waals surface area contributed by atoms with Gasteiger partial charge in [0.2, 0.25) is 6.54 Å². The van der Waals surface area contributed by atoms with Gasteiger partial charge in [0.05, 0.1) is 5.92 Å². The smallest absolute Gasteiger partial charge is 0.317 e. The summed E-state index contributed by atoms with van der Waals surface area (Å²) < 4.78 is 4.68. The summed E-state index contributed by atoms with van der Waals surface area (Å²) in [6.07, 6.45) is 0.905. The molecule has 0 aromatic carbocycles. The topological polar surface area (TPSA) is 86.5 Å². The van der Waals surface area contributed by atoms with Crippen molar-refractivity contribution >= 4 is 11.8 Å². The number of rotatable bonds is 5. The van der Waals surface area contributed by atoms with E-state index in [9.17, 15) is 19.7 Å². The zero-order valence-electron chi connectivity index (χ0n) is 8.47. The molecule has 0 aliphatic carbocycles. The SMILES string of the molecule is CCCC(=O)[C@H]1C(=O)OC[C@@H]1C[N+](=O)[O-]. The van der Waals surface area contributed by atoms with Gasteiger partial charge in [-0.2, -0.15) is 0 Å². The molecule has 2 atom stereocenters. The van der Waals surface area contributed by atoms with E-state index < -0.39 is 22.7 Å². The molecule has 0 aromatic rings. The molecule has 6 nitrogen and oxygen atoms in total. The Balaban J connectivity index is 2.68. The molecular weight excluding hydrogens is 202 g/mol. The maximum atomic E-state index is 11.5. The third-order valence-corrected chi connectivity index (χ3v) is 2.39. The predicted octanol–water partition coefficient (Wildman–Crippen LogP) is 0.422. The van der Waals surface area contributed by atoms with Crippen molar-refractivity contribution in [3.63, 3.8) is 0 Å². The van der Waals surface area contributed by atoms with Crippen LogP contribution in [0, 0.1) is 22.0 Å². The number of nitro groups is 1. The summed E-state index contributed by atoms with van der Waals surface area (Å²) in [5, 5.41) is 10.3. The predicted molar refractivity (Wildman–Crippen MR) is 49.7 cm³/mol. The molecule has 1 heterocycles. The van der Waals surface area contributed by atoms with Crippen molar-refractivity contribution in [2.24, 2.45) is 11.8 Å². The molecule has 0 radical (unpaired) electrons. The van der Waals surface area contributed by atoms with Crippen LogP contribution in [-0.2, 0) is 14.3 Å².